The minimum absolute atomic E-state index is 0. The van der Waals surface area contributed by atoms with Crippen LogP contribution in [0.4, 0.5) is 0 Å². The molecular weight excluding hydrogens is 898 g/mol. The molecule has 0 aliphatic rings. The van der Waals surface area contributed by atoms with Crippen molar-refractivity contribution in [2.45, 2.75) is 0 Å². The molecule has 8 nitrogen and oxygen atoms in total. The molecule has 0 saturated carbocycles. The summed E-state index contributed by atoms with van der Waals surface area (Å²) in [6.07, 6.45) is 0. The first-order chi connectivity index (χ1) is 4.00. The fourth-order valence-electron chi connectivity index (χ4n) is 0. The Bertz CT molecular complexity index is 60.4. The summed E-state index contributed by atoms with van der Waals surface area (Å²) in [5.74, 6) is 0. The van der Waals surface area contributed by atoms with Crippen LogP contribution >= 0.6 is 0 Å². The maximum Gasteiger partial charge on any atom is 0 e. The normalized spacial score (nSPS) is 9.23. The Hall–Kier alpha value is 3.27. The first-order valence-electron chi connectivity index (χ1n) is 1.63. The van der Waals surface area contributed by atoms with Crippen molar-refractivity contribution < 1.29 is 132 Å². The molecule has 0 amide bonds. The summed E-state index contributed by atoms with van der Waals surface area (Å²) in [7, 11) is -11.2. The van der Waals surface area contributed by atoms with E-state index in [0.29, 0.717) is 0 Å². The Balaban J connectivity index is -0.0000000267. The molecule has 0 aliphatic heterocycles. The van der Waals surface area contributed by atoms with Crippen molar-refractivity contribution in [2.75, 3.05) is 0 Å². The molecule has 0 rings (SSSR count). The zero-order chi connectivity index (χ0) is 9.00. The predicted octanol–water partition coefficient (Wildman–Crippen LogP) is -10.3. The molecule has 0 atom stereocenters. The van der Waals surface area contributed by atoms with Gasteiger partial charge in [-0.25, -0.2) is 0 Å². The van der Waals surface area contributed by atoms with Gasteiger partial charge in [-0.3, -0.25) is 0 Å². The first-order valence-corrected chi connectivity index (χ1v) is 4.90. The fourth-order valence-corrected chi connectivity index (χ4v) is 0. The zero-order valence-electron chi connectivity index (χ0n) is 5.77. The largest absolute Gasteiger partial charge is 0.894 e. The summed E-state index contributed by atoms with van der Waals surface area (Å²) in [5, 5.41) is 0. The van der Waals surface area contributed by atoms with Gasteiger partial charge < -0.3 is 56.5 Å². The molecule has 0 radical (unpaired) electrons. The van der Waals surface area contributed by atoms with Crippen LogP contribution < -0.4 is 38.4 Å². The molecular formula is O8Si2U3-8. The topological polar surface area (TPSA) is 184 Å². The van der Waals surface area contributed by atoms with Crippen LogP contribution in [0.25, 0.3) is 0 Å². The van der Waals surface area contributed by atoms with Gasteiger partial charge in [0.2, 0.25) is 0 Å². The van der Waals surface area contributed by atoms with E-state index in [1.807, 2.05) is 0 Å². The van der Waals surface area contributed by atoms with Gasteiger partial charge >= 0.3 is 0 Å². The zero-order valence-corrected chi connectivity index (χ0v) is 20.3. The maximum absolute atomic E-state index is 8.58. The number of hydrogen-bond donors (Lipinski definition) is 0. The van der Waals surface area contributed by atoms with E-state index < -0.39 is 18.1 Å². The quantitative estimate of drug-likeness (QED) is 0.215. The summed E-state index contributed by atoms with van der Waals surface area (Å²) in [6, 6.07) is 0. The van der Waals surface area contributed by atoms with Crippen LogP contribution in [0.2, 0.25) is 0 Å². The van der Waals surface area contributed by atoms with Crippen LogP contribution in [0, 0.1) is 93.3 Å². The second kappa shape index (κ2) is 13.3. The third-order valence-corrected chi connectivity index (χ3v) is 0. The first kappa shape index (κ1) is 29.9. The van der Waals surface area contributed by atoms with E-state index in [-0.39, 0.29) is 93.3 Å². The second-order valence-corrected chi connectivity index (χ2v) is 3.00. The van der Waals surface area contributed by atoms with Crippen molar-refractivity contribution in [3.05, 3.63) is 0 Å². The van der Waals surface area contributed by atoms with E-state index in [0.717, 1.165) is 0 Å². The summed E-state index contributed by atoms with van der Waals surface area (Å²) < 4.78 is 0. The van der Waals surface area contributed by atoms with E-state index in [1.54, 1.807) is 0 Å². The van der Waals surface area contributed by atoms with Crippen LogP contribution in [0.5, 0.6) is 0 Å². The van der Waals surface area contributed by atoms with Gasteiger partial charge in [0.1, 0.15) is 0 Å². The van der Waals surface area contributed by atoms with Gasteiger partial charge in [0.05, 0.1) is 0 Å². The van der Waals surface area contributed by atoms with Crippen molar-refractivity contribution in [3.63, 3.8) is 0 Å². The smallest absolute Gasteiger partial charge is 0 e. The molecule has 0 unspecified atom stereocenters. The molecule has 0 saturated heterocycles. The van der Waals surface area contributed by atoms with Gasteiger partial charge in [-0.15, -0.1) is 0 Å². The Labute approximate surface area is 147 Å². The van der Waals surface area contributed by atoms with Gasteiger partial charge in [0.25, 0.3) is 0 Å². The molecule has 0 aromatic heterocycles. The molecule has 0 aromatic carbocycles. The van der Waals surface area contributed by atoms with Gasteiger partial charge in [0, 0.05) is 93.3 Å². The SMILES string of the molecule is [O-][Si]([O-])([O-])[O-].[O-][Si]([O-])([O-])[O-].[U].[U].[U]. The summed E-state index contributed by atoms with van der Waals surface area (Å²) in [4.78, 5) is 68.6. The average molecular weight is 898 g/mol. The Morgan fingerprint density at radius 3 is 0.385 bits per heavy atom. The van der Waals surface area contributed by atoms with Crippen molar-refractivity contribution in [1.29, 1.82) is 0 Å². The molecule has 0 heterocycles. The van der Waals surface area contributed by atoms with Crippen LogP contribution in [-0.4, -0.2) is 18.1 Å². The standard InChI is InChI=1S/2O4Si.3U/c2*1-5(2,3)4;;;/q2*-4;;;. The van der Waals surface area contributed by atoms with Gasteiger partial charge in [0.15, 0.2) is 0 Å². The predicted molar refractivity (Wildman–Crippen MR) is 11.5 cm³/mol. The maximum atomic E-state index is 8.58. The third-order valence-electron chi connectivity index (χ3n) is 0. The van der Waals surface area contributed by atoms with E-state index in [2.05, 4.69) is 0 Å². The molecule has 76 valence electrons. The molecule has 0 fully saturated rings. The second-order valence-electron chi connectivity index (χ2n) is 1.00. The van der Waals surface area contributed by atoms with E-state index in [4.69, 9.17) is 38.4 Å². The van der Waals surface area contributed by atoms with E-state index >= 15 is 0 Å². The third kappa shape index (κ3) is 252. The fraction of sp³-hybridized carbons (Fsp3) is 0. The van der Waals surface area contributed by atoms with Gasteiger partial charge in [-0.2, -0.15) is 0 Å². The monoisotopic (exact) mass is 898 g/mol. The minimum Gasteiger partial charge on any atom is -0.894 e. The average Bonchev–Trinajstić information content (AvgIpc) is 1.12. The molecule has 0 spiro atoms. The molecule has 0 bridgehead atoms. The molecule has 0 aliphatic carbocycles. The number of hydrogen-bond acceptors (Lipinski definition) is 8. The number of rotatable bonds is 0. The van der Waals surface area contributed by atoms with Crippen molar-refractivity contribution >= 4 is 18.1 Å². The van der Waals surface area contributed by atoms with Crippen molar-refractivity contribution in [2.24, 2.45) is 0 Å². The molecule has 13 heavy (non-hydrogen) atoms. The van der Waals surface area contributed by atoms with Crippen LogP contribution in [0.3, 0.4) is 0 Å². The van der Waals surface area contributed by atoms with E-state index in [9.17, 15) is 0 Å². The Morgan fingerprint density at radius 1 is 0.385 bits per heavy atom. The Morgan fingerprint density at radius 2 is 0.385 bits per heavy atom. The molecule has 0 aromatic rings. The van der Waals surface area contributed by atoms with Crippen LogP contribution in [0.1, 0.15) is 0 Å². The summed E-state index contributed by atoms with van der Waals surface area (Å²) in [6.45, 7) is 0. The summed E-state index contributed by atoms with van der Waals surface area (Å²) in [5.41, 5.74) is 0. The molecule has 0 N–H and O–H groups in total. The van der Waals surface area contributed by atoms with Crippen LogP contribution in [0.15, 0.2) is 0 Å². The van der Waals surface area contributed by atoms with Gasteiger partial charge in [-0.05, 0) is 0 Å². The van der Waals surface area contributed by atoms with Crippen LogP contribution in [-0.2, 0) is 0 Å². The van der Waals surface area contributed by atoms with Crippen molar-refractivity contribution in [1.82, 2.24) is 0 Å². The van der Waals surface area contributed by atoms with Gasteiger partial charge in [-0.1, -0.05) is 0 Å². The summed E-state index contributed by atoms with van der Waals surface area (Å²) >= 11 is 0. The minimum atomic E-state index is -5.61. The van der Waals surface area contributed by atoms with Crippen molar-refractivity contribution in [3.8, 4) is 0 Å². The van der Waals surface area contributed by atoms with E-state index in [1.165, 1.54) is 0 Å². The Kier molecular flexibility index (Phi) is 30.6. The molecule has 13 heteroatoms.